The summed E-state index contributed by atoms with van der Waals surface area (Å²) < 4.78 is 0. The van der Waals surface area contributed by atoms with E-state index in [1.807, 2.05) is 0 Å². The standard InChI is InChI=1S/C43H34/c1-2-8-29-22-38(21-28(29)7-1)34-13-5-11-32(19-34)36-15-17-42-40(25-36)27-41-26-37(16-18-43(41)42)33-12-6-14-35(20-33)39-23-30-9-3-4-10-31(30)24-39/h1-20,25-26,38-39H,21-24,27H2. The number of fused-ring (bicyclic) bond motifs is 5. The Hall–Kier alpha value is -4.68. The zero-order chi connectivity index (χ0) is 28.3. The molecule has 0 nitrogen and oxygen atoms in total. The van der Waals surface area contributed by atoms with Crippen molar-refractivity contribution in [3.63, 3.8) is 0 Å². The van der Waals surface area contributed by atoms with E-state index in [0.717, 1.165) is 32.1 Å². The van der Waals surface area contributed by atoms with Gasteiger partial charge in [-0.05, 0) is 122 Å². The molecular formula is C43H34. The van der Waals surface area contributed by atoms with Crippen molar-refractivity contribution in [2.24, 2.45) is 0 Å². The first-order valence-electron chi connectivity index (χ1n) is 15.9. The Kier molecular flexibility index (Phi) is 5.76. The van der Waals surface area contributed by atoms with Crippen LogP contribution in [0.25, 0.3) is 33.4 Å². The van der Waals surface area contributed by atoms with Gasteiger partial charge in [0.25, 0.3) is 0 Å². The van der Waals surface area contributed by atoms with E-state index in [1.54, 1.807) is 0 Å². The minimum Gasteiger partial charge on any atom is -0.0620 e. The molecule has 3 aliphatic rings. The van der Waals surface area contributed by atoms with Crippen LogP contribution in [0.2, 0.25) is 0 Å². The van der Waals surface area contributed by atoms with Crippen molar-refractivity contribution in [1.82, 2.24) is 0 Å². The average Bonchev–Trinajstić information content (AvgIpc) is 3.79. The average molecular weight is 551 g/mol. The lowest BCUT2D eigenvalue weighted by Crippen LogP contribution is -1.98. The van der Waals surface area contributed by atoms with Gasteiger partial charge >= 0.3 is 0 Å². The molecule has 0 amide bonds. The fraction of sp³-hybridized carbons (Fsp3) is 0.163. The number of hydrogen-bond acceptors (Lipinski definition) is 0. The van der Waals surface area contributed by atoms with Gasteiger partial charge in [0, 0.05) is 0 Å². The van der Waals surface area contributed by atoms with Crippen LogP contribution in [-0.2, 0) is 32.1 Å². The van der Waals surface area contributed by atoms with Gasteiger partial charge in [0.05, 0.1) is 0 Å². The monoisotopic (exact) mass is 550 g/mol. The van der Waals surface area contributed by atoms with Crippen molar-refractivity contribution in [3.8, 4) is 33.4 Å². The van der Waals surface area contributed by atoms with Gasteiger partial charge in [-0.3, -0.25) is 0 Å². The molecule has 0 radical (unpaired) electrons. The predicted octanol–water partition coefficient (Wildman–Crippen LogP) is 10.4. The molecule has 0 N–H and O–H groups in total. The first kappa shape index (κ1) is 24.9. The molecule has 0 saturated heterocycles. The summed E-state index contributed by atoms with van der Waals surface area (Å²) >= 11 is 0. The number of benzene rings is 6. The molecule has 206 valence electrons. The Morgan fingerprint density at radius 2 is 0.721 bits per heavy atom. The molecule has 0 aliphatic heterocycles. The summed E-state index contributed by atoms with van der Waals surface area (Å²) in [5.74, 6) is 1.16. The van der Waals surface area contributed by atoms with Crippen molar-refractivity contribution in [1.29, 1.82) is 0 Å². The highest BCUT2D eigenvalue weighted by Gasteiger charge is 2.25. The van der Waals surface area contributed by atoms with Crippen molar-refractivity contribution in [3.05, 3.63) is 178 Å². The molecule has 0 fully saturated rings. The van der Waals surface area contributed by atoms with E-state index in [2.05, 4.69) is 133 Å². The van der Waals surface area contributed by atoms with Crippen molar-refractivity contribution < 1.29 is 0 Å². The van der Waals surface area contributed by atoms with E-state index in [0.29, 0.717) is 11.8 Å². The van der Waals surface area contributed by atoms with E-state index < -0.39 is 0 Å². The molecule has 0 unspecified atom stereocenters. The normalized spacial score (nSPS) is 15.3. The first-order valence-corrected chi connectivity index (χ1v) is 15.9. The Balaban J connectivity index is 0.967. The SMILES string of the molecule is c1cc(-c2ccc3c(c2)Cc2cc(-c4cccc(C5Cc6ccccc6C5)c4)ccc2-3)cc(C2Cc3ccccc3C2)c1. The van der Waals surface area contributed by atoms with Gasteiger partial charge in [-0.15, -0.1) is 0 Å². The Labute approximate surface area is 254 Å². The maximum absolute atomic E-state index is 2.44. The van der Waals surface area contributed by atoms with Crippen LogP contribution in [0.1, 0.15) is 56.3 Å². The van der Waals surface area contributed by atoms with Crippen LogP contribution >= 0.6 is 0 Å². The molecule has 6 aromatic rings. The van der Waals surface area contributed by atoms with E-state index in [1.165, 1.54) is 77.9 Å². The molecule has 0 atom stereocenters. The van der Waals surface area contributed by atoms with Gasteiger partial charge in [0.15, 0.2) is 0 Å². The van der Waals surface area contributed by atoms with E-state index in [4.69, 9.17) is 0 Å². The Morgan fingerprint density at radius 1 is 0.326 bits per heavy atom. The lowest BCUT2D eigenvalue weighted by Gasteiger charge is -2.13. The van der Waals surface area contributed by atoms with Crippen molar-refractivity contribution >= 4 is 0 Å². The summed E-state index contributed by atoms with van der Waals surface area (Å²) in [5, 5.41) is 0. The van der Waals surface area contributed by atoms with E-state index >= 15 is 0 Å². The van der Waals surface area contributed by atoms with Gasteiger partial charge in [-0.1, -0.05) is 133 Å². The van der Waals surface area contributed by atoms with Gasteiger partial charge < -0.3 is 0 Å². The highest BCUT2D eigenvalue weighted by Crippen LogP contribution is 2.42. The topological polar surface area (TPSA) is 0 Å². The van der Waals surface area contributed by atoms with Gasteiger partial charge in [0.1, 0.15) is 0 Å². The maximum atomic E-state index is 2.44. The highest BCUT2D eigenvalue weighted by molar-refractivity contribution is 5.83. The second-order valence-corrected chi connectivity index (χ2v) is 12.9. The zero-order valence-corrected chi connectivity index (χ0v) is 24.4. The summed E-state index contributed by atoms with van der Waals surface area (Å²) in [4.78, 5) is 0. The second-order valence-electron chi connectivity index (χ2n) is 12.9. The summed E-state index contributed by atoms with van der Waals surface area (Å²) in [6.07, 6.45) is 5.61. The number of hydrogen-bond donors (Lipinski definition) is 0. The lowest BCUT2D eigenvalue weighted by molar-refractivity contribution is 0.742. The molecule has 0 heterocycles. The smallest absolute Gasteiger partial charge is 0.00130 e. The Bertz CT molecular complexity index is 1830. The number of rotatable bonds is 4. The molecule has 3 aliphatic carbocycles. The first-order chi connectivity index (χ1) is 21.2. The van der Waals surface area contributed by atoms with Crippen LogP contribution in [0.5, 0.6) is 0 Å². The Morgan fingerprint density at radius 3 is 1.14 bits per heavy atom. The van der Waals surface area contributed by atoms with Crippen LogP contribution in [0, 0.1) is 0 Å². The van der Waals surface area contributed by atoms with Crippen molar-refractivity contribution in [2.45, 2.75) is 43.9 Å². The van der Waals surface area contributed by atoms with Crippen LogP contribution in [0.3, 0.4) is 0 Å². The van der Waals surface area contributed by atoms with Crippen molar-refractivity contribution in [2.75, 3.05) is 0 Å². The van der Waals surface area contributed by atoms with Crippen LogP contribution < -0.4 is 0 Å². The van der Waals surface area contributed by atoms with Gasteiger partial charge in [0.2, 0.25) is 0 Å². The third-order valence-electron chi connectivity index (χ3n) is 10.4. The summed E-state index contributed by atoms with van der Waals surface area (Å²) in [7, 11) is 0. The fourth-order valence-electron chi connectivity index (χ4n) is 8.10. The molecule has 0 aromatic heterocycles. The highest BCUT2D eigenvalue weighted by atomic mass is 14.3. The third kappa shape index (κ3) is 4.36. The molecule has 6 aromatic carbocycles. The summed E-state index contributed by atoms with van der Waals surface area (Å²) in [6, 6.07) is 50.7. The van der Waals surface area contributed by atoms with Crippen LogP contribution in [0.4, 0.5) is 0 Å². The molecule has 0 heteroatoms. The largest absolute Gasteiger partial charge is 0.0620 e. The zero-order valence-electron chi connectivity index (χ0n) is 24.4. The van der Waals surface area contributed by atoms with Gasteiger partial charge in [-0.2, -0.15) is 0 Å². The molecule has 0 bridgehead atoms. The van der Waals surface area contributed by atoms with Gasteiger partial charge in [-0.25, -0.2) is 0 Å². The quantitative estimate of drug-likeness (QED) is 0.204. The molecule has 0 spiro atoms. The van der Waals surface area contributed by atoms with Crippen LogP contribution in [-0.4, -0.2) is 0 Å². The lowest BCUT2D eigenvalue weighted by atomic mass is 9.92. The predicted molar refractivity (Wildman–Crippen MR) is 179 cm³/mol. The fourth-order valence-corrected chi connectivity index (χ4v) is 8.10. The second kappa shape index (κ2) is 9.96. The molecule has 43 heavy (non-hydrogen) atoms. The van der Waals surface area contributed by atoms with E-state index in [9.17, 15) is 0 Å². The minimum atomic E-state index is 0.581. The molecule has 9 rings (SSSR count). The third-order valence-corrected chi connectivity index (χ3v) is 10.4. The maximum Gasteiger partial charge on any atom is -0.00130 e. The molecule has 0 saturated carbocycles. The summed E-state index contributed by atoms with van der Waals surface area (Å²) in [5.41, 5.74) is 20.0. The molecular weight excluding hydrogens is 516 g/mol. The minimum absolute atomic E-state index is 0.581. The van der Waals surface area contributed by atoms with E-state index in [-0.39, 0.29) is 0 Å². The summed E-state index contributed by atoms with van der Waals surface area (Å²) in [6.45, 7) is 0. The van der Waals surface area contributed by atoms with Crippen LogP contribution in [0.15, 0.2) is 133 Å².